The molecule has 1 atom stereocenters. The van der Waals surface area contributed by atoms with Gasteiger partial charge in [-0.3, -0.25) is 9.79 Å². The lowest BCUT2D eigenvalue weighted by atomic mass is 9.88. The number of ether oxygens (including phenoxy) is 1. The van der Waals surface area contributed by atoms with E-state index in [0.29, 0.717) is 19.0 Å². The third-order valence-corrected chi connectivity index (χ3v) is 5.53. The summed E-state index contributed by atoms with van der Waals surface area (Å²) in [7, 11) is 0. The maximum atomic E-state index is 12.2. The lowest BCUT2D eigenvalue weighted by Gasteiger charge is -2.33. The molecular formula is C23H33N3O3. The third-order valence-electron chi connectivity index (χ3n) is 5.53. The average Bonchev–Trinajstić information content (AvgIpc) is 2.89. The molecule has 1 aromatic rings. The van der Waals surface area contributed by atoms with E-state index >= 15 is 0 Å². The number of nitrogens with one attached hydrogen (secondary N) is 1. The standard InChI is InChI=1S/C23H33N3O3/c1-23(2,3)29-22(28)26-12-10-20(11-13-26)19-8-6-17(7-9-19)4-5-18-14-21(27)25-16-24-15-18/h6-9,15,18,20H,4-5,10-14,16H2,1-3H3,(H,25,27). The van der Waals surface area contributed by atoms with Crippen molar-refractivity contribution in [2.24, 2.45) is 10.9 Å². The van der Waals surface area contributed by atoms with Crippen molar-refractivity contribution in [3.8, 4) is 0 Å². The minimum absolute atomic E-state index is 0.0839. The molecule has 6 nitrogen and oxygen atoms in total. The van der Waals surface area contributed by atoms with Crippen molar-refractivity contribution in [1.29, 1.82) is 0 Å². The Labute approximate surface area is 173 Å². The zero-order valence-corrected chi connectivity index (χ0v) is 17.8. The fraction of sp³-hybridized carbons (Fsp3) is 0.609. The monoisotopic (exact) mass is 399 g/mol. The van der Waals surface area contributed by atoms with E-state index in [1.54, 1.807) is 0 Å². The number of rotatable bonds is 4. The van der Waals surface area contributed by atoms with Crippen LogP contribution in [-0.4, -0.2) is 48.5 Å². The highest BCUT2D eigenvalue weighted by atomic mass is 16.6. The van der Waals surface area contributed by atoms with Crippen LogP contribution >= 0.6 is 0 Å². The van der Waals surface area contributed by atoms with Gasteiger partial charge in [0.2, 0.25) is 5.91 Å². The van der Waals surface area contributed by atoms with Crippen LogP contribution in [0.3, 0.4) is 0 Å². The molecule has 2 aliphatic rings. The van der Waals surface area contributed by atoms with E-state index in [1.165, 1.54) is 11.1 Å². The summed E-state index contributed by atoms with van der Waals surface area (Å²) in [5.41, 5.74) is 2.18. The number of benzene rings is 1. The number of piperidine rings is 1. The van der Waals surface area contributed by atoms with E-state index in [0.717, 1.165) is 38.8 Å². The molecule has 0 aliphatic carbocycles. The van der Waals surface area contributed by atoms with Crippen LogP contribution in [0.25, 0.3) is 0 Å². The first kappa shape index (κ1) is 21.3. The Kier molecular flexibility index (Phi) is 6.93. The Hall–Kier alpha value is -2.37. The molecule has 2 heterocycles. The van der Waals surface area contributed by atoms with Crippen molar-refractivity contribution in [3.05, 3.63) is 35.4 Å². The maximum Gasteiger partial charge on any atom is 0.410 e. The molecule has 1 fully saturated rings. The zero-order valence-electron chi connectivity index (χ0n) is 17.8. The minimum Gasteiger partial charge on any atom is -0.444 e. The molecule has 0 aromatic heterocycles. The topological polar surface area (TPSA) is 71.0 Å². The summed E-state index contributed by atoms with van der Waals surface area (Å²) in [6.07, 6.45) is 6.05. The van der Waals surface area contributed by atoms with Gasteiger partial charge in [-0.15, -0.1) is 0 Å². The molecule has 1 saturated heterocycles. The highest BCUT2D eigenvalue weighted by molar-refractivity contribution is 5.81. The van der Waals surface area contributed by atoms with Gasteiger partial charge in [-0.25, -0.2) is 4.79 Å². The Morgan fingerprint density at radius 2 is 1.90 bits per heavy atom. The number of amides is 2. The normalized spacial score (nSPS) is 20.9. The van der Waals surface area contributed by atoms with Crippen molar-refractivity contribution in [1.82, 2.24) is 10.2 Å². The van der Waals surface area contributed by atoms with Gasteiger partial charge in [-0.2, -0.15) is 0 Å². The zero-order chi connectivity index (χ0) is 20.9. The highest BCUT2D eigenvalue weighted by Gasteiger charge is 2.27. The molecule has 3 rings (SSSR count). The number of aryl methyl sites for hydroxylation is 1. The van der Waals surface area contributed by atoms with Gasteiger partial charge in [0, 0.05) is 31.6 Å². The number of aliphatic imine (C=N–C) groups is 1. The molecule has 6 heteroatoms. The van der Waals surface area contributed by atoms with Crippen LogP contribution in [0.5, 0.6) is 0 Å². The summed E-state index contributed by atoms with van der Waals surface area (Å²) in [5.74, 6) is 0.787. The van der Waals surface area contributed by atoms with Gasteiger partial charge < -0.3 is 15.0 Å². The lowest BCUT2D eigenvalue weighted by molar-refractivity contribution is -0.121. The van der Waals surface area contributed by atoms with Crippen LogP contribution in [0.4, 0.5) is 4.79 Å². The van der Waals surface area contributed by atoms with Crippen LogP contribution in [0.2, 0.25) is 0 Å². The second-order valence-electron chi connectivity index (χ2n) is 9.08. The quantitative estimate of drug-likeness (QED) is 0.835. The molecule has 1 aromatic carbocycles. The van der Waals surface area contributed by atoms with Crippen molar-refractivity contribution in [3.63, 3.8) is 0 Å². The van der Waals surface area contributed by atoms with Crippen LogP contribution in [-0.2, 0) is 16.0 Å². The SMILES string of the molecule is CC(C)(C)OC(=O)N1CCC(c2ccc(CCC3C=NCNC(=O)C3)cc2)CC1. The van der Waals surface area contributed by atoms with Gasteiger partial charge in [-0.1, -0.05) is 24.3 Å². The summed E-state index contributed by atoms with van der Waals surface area (Å²) < 4.78 is 5.48. The molecule has 2 aliphatic heterocycles. The molecule has 158 valence electrons. The molecular weight excluding hydrogens is 366 g/mol. The Balaban J connectivity index is 1.47. The molecule has 29 heavy (non-hydrogen) atoms. The number of likely N-dealkylation sites (tertiary alicyclic amines) is 1. The lowest BCUT2D eigenvalue weighted by Crippen LogP contribution is -2.41. The van der Waals surface area contributed by atoms with Gasteiger partial charge in [0.25, 0.3) is 0 Å². The van der Waals surface area contributed by atoms with Gasteiger partial charge in [-0.05, 0) is 63.5 Å². The Morgan fingerprint density at radius 3 is 2.55 bits per heavy atom. The van der Waals surface area contributed by atoms with Gasteiger partial charge in [0.05, 0.1) is 0 Å². The number of nitrogens with zero attached hydrogens (tertiary/aromatic N) is 2. The van der Waals surface area contributed by atoms with E-state index in [2.05, 4.69) is 34.6 Å². The van der Waals surface area contributed by atoms with Gasteiger partial charge in [0.15, 0.2) is 0 Å². The van der Waals surface area contributed by atoms with E-state index in [9.17, 15) is 9.59 Å². The smallest absolute Gasteiger partial charge is 0.410 e. The number of carbonyl (C=O) groups excluding carboxylic acids is 2. The van der Waals surface area contributed by atoms with Gasteiger partial charge in [0.1, 0.15) is 12.3 Å². The van der Waals surface area contributed by atoms with E-state index < -0.39 is 5.60 Å². The van der Waals surface area contributed by atoms with E-state index in [4.69, 9.17) is 4.74 Å². The minimum atomic E-state index is -0.448. The van der Waals surface area contributed by atoms with Crippen LogP contribution < -0.4 is 5.32 Å². The molecule has 0 saturated carbocycles. The summed E-state index contributed by atoms with van der Waals surface area (Å²) in [6, 6.07) is 8.83. The molecule has 2 amide bonds. The number of carbonyl (C=O) groups is 2. The first-order chi connectivity index (χ1) is 13.8. The highest BCUT2D eigenvalue weighted by Crippen LogP contribution is 2.29. The molecule has 1 N–H and O–H groups in total. The molecule has 0 spiro atoms. The largest absolute Gasteiger partial charge is 0.444 e. The predicted octanol–water partition coefficient (Wildman–Crippen LogP) is 3.90. The van der Waals surface area contributed by atoms with Crippen molar-refractivity contribution in [2.75, 3.05) is 19.8 Å². The summed E-state index contributed by atoms with van der Waals surface area (Å²) >= 11 is 0. The van der Waals surface area contributed by atoms with Gasteiger partial charge >= 0.3 is 6.09 Å². The van der Waals surface area contributed by atoms with Crippen molar-refractivity contribution >= 4 is 18.2 Å². The average molecular weight is 400 g/mol. The molecule has 0 radical (unpaired) electrons. The number of hydrogen-bond donors (Lipinski definition) is 1. The third kappa shape index (κ3) is 6.58. The van der Waals surface area contributed by atoms with Crippen molar-refractivity contribution in [2.45, 2.75) is 64.4 Å². The van der Waals surface area contributed by atoms with Crippen LogP contribution in [0.15, 0.2) is 29.3 Å². The molecule has 1 unspecified atom stereocenters. The Morgan fingerprint density at radius 1 is 1.21 bits per heavy atom. The van der Waals surface area contributed by atoms with E-state index in [1.807, 2.05) is 31.9 Å². The van der Waals surface area contributed by atoms with Crippen LogP contribution in [0.1, 0.15) is 63.5 Å². The predicted molar refractivity (Wildman–Crippen MR) is 114 cm³/mol. The molecule has 0 bridgehead atoms. The second kappa shape index (κ2) is 9.42. The summed E-state index contributed by atoms with van der Waals surface area (Å²) in [5, 5.41) is 2.77. The fourth-order valence-corrected chi connectivity index (χ4v) is 3.91. The second-order valence-corrected chi connectivity index (χ2v) is 9.08. The summed E-state index contributed by atoms with van der Waals surface area (Å²) in [6.45, 7) is 7.58. The van der Waals surface area contributed by atoms with Crippen molar-refractivity contribution < 1.29 is 14.3 Å². The van der Waals surface area contributed by atoms with Crippen LogP contribution in [0, 0.1) is 5.92 Å². The first-order valence-electron chi connectivity index (χ1n) is 10.6. The van der Waals surface area contributed by atoms with E-state index in [-0.39, 0.29) is 17.9 Å². The first-order valence-corrected chi connectivity index (χ1v) is 10.6. The Bertz CT molecular complexity index is 729. The number of hydrogen-bond acceptors (Lipinski definition) is 4. The summed E-state index contributed by atoms with van der Waals surface area (Å²) in [4.78, 5) is 29.9. The maximum absolute atomic E-state index is 12.2. The fourth-order valence-electron chi connectivity index (χ4n) is 3.91.